The van der Waals surface area contributed by atoms with Crippen LogP contribution in [0.15, 0.2) is 22.7 Å². The van der Waals surface area contributed by atoms with Crippen molar-refractivity contribution in [2.75, 3.05) is 6.54 Å². The van der Waals surface area contributed by atoms with Gasteiger partial charge in [-0.2, -0.15) is 0 Å². The van der Waals surface area contributed by atoms with Crippen LogP contribution in [-0.4, -0.2) is 12.1 Å². The van der Waals surface area contributed by atoms with Gasteiger partial charge < -0.3 is 11.1 Å². The Labute approximate surface area is 123 Å². The number of rotatable bonds is 5. The minimum absolute atomic E-state index is 0. The maximum Gasteiger partial charge on any atom is 0.127 e. The molecule has 0 amide bonds. The van der Waals surface area contributed by atoms with E-state index in [2.05, 4.69) is 42.0 Å². The van der Waals surface area contributed by atoms with Crippen LogP contribution in [0.1, 0.15) is 26.3 Å². The lowest BCUT2D eigenvalue weighted by Gasteiger charge is -2.34. The van der Waals surface area contributed by atoms with Crippen LogP contribution < -0.4 is 11.1 Å². The quantitative estimate of drug-likeness (QED) is 0.862. The van der Waals surface area contributed by atoms with Crippen LogP contribution in [0.5, 0.6) is 0 Å². The predicted octanol–water partition coefficient (Wildman–Crippen LogP) is 3.47. The number of nitrogens with one attached hydrogen (secondary N) is 1. The average Bonchev–Trinajstić information content (AvgIpc) is 2.29. The van der Waals surface area contributed by atoms with E-state index in [0.717, 1.165) is 4.47 Å². The minimum Gasteiger partial charge on any atom is -0.329 e. The van der Waals surface area contributed by atoms with Gasteiger partial charge in [-0.25, -0.2) is 4.39 Å². The van der Waals surface area contributed by atoms with Gasteiger partial charge in [0.2, 0.25) is 0 Å². The van der Waals surface area contributed by atoms with Crippen LogP contribution in [0.4, 0.5) is 4.39 Å². The Morgan fingerprint density at radius 2 is 2.06 bits per heavy atom. The molecule has 0 aliphatic carbocycles. The third-order valence-electron chi connectivity index (χ3n) is 3.39. The Balaban J connectivity index is 0.00000289. The summed E-state index contributed by atoms with van der Waals surface area (Å²) in [6.45, 7) is 7.29. The Hall–Kier alpha value is -0.160. The summed E-state index contributed by atoms with van der Waals surface area (Å²) in [6, 6.07) is 4.96. The molecule has 0 bridgehead atoms. The molecule has 3 N–H and O–H groups in total. The molecule has 0 saturated carbocycles. The summed E-state index contributed by atoms with van der Waals surface area (Å²) >= 11 is 3.34. The molecule has 0 aromatic heterocycles. The molecule has 18 heavy (non-hydrogen) atoms. The first kappa shape index (κ1) is 17.8. The zero-order chi connectivity index (χ0) is 13.1. The highest BCUT2D eigenvalue weighted by atomic mass is 79.9. The van der Waals surface area contributed by atoms with Crippen LogP contribution in [0, 0.1) is 11.7 Å². The minimum atomic E-state index is -0.191. The SMILES string of the molecule is CC(C)C(C)(CN)NCc1cc(Br)ccc1F.Cl. The zero-order valence-corrected chi connectivity index (χ0v) is 13.4. The highest BCUT2D eigenvalue weighted by Gasteiger charge is 2.25. The van der Waals surface area contributed by atoms with Gasteiger partial charge in [0.15, 0.2) is 0 Å². The molecule has 1 aromatic rings. The molecule has 1 rings (SSSR count). The summed E-state index contributed by atoms with van der Waals surface area (Å²) < 4.78 is 14.4. The van der Waals surface area contributed by atoms with Gasteiger partial charge in [0.1, 0.15) is 5.82 Å². The van der Waals surface area contributed by atoms with Crippen molar-refractivity contribution in [2.24, 2.45) is 11.7 Å². The maximum atomic E-state index is 13.6. The van der Waals surface area contributed by atoms with E-state index in [1.807, 2.05) is 0 Å². The van der Waals surface area contributed by atoms with Crippen molar-refractivity contribution < 1.29 is 4.39 Å². The van der Waals surface area contributed by atoms with Crippen LogP contribution in [0.2, 0.25) is 0 Å². The van der Waals surface area contributed by atoms with E-state index in [-0.39, 0.29) is 23.8 Å². The van der Waals surface area contributed by atoms with Crippen LogP contribution in [0.3, 0.4) is 0 Å². The largest absolute Gasteiger partial charge is 0.329 e. The van der Waals surface area contributed by atoms with E-state index in [1.165, 1.54) is 6.07 Å². The van der Waals surface area contributed by atoms with Crippen molar-refractivity contribution in [3.05, 3.63) is 34.1 Å². The van der Waals surface area contributed by atoms with Crippen molar-refractivity contribution in [3.63, 3.8) is 0 Å². The van der Waals surface area contributed by atoms with Crippen LogP contribution >= 0.6 is 28.3 Å². The lowest BCUT2D eigenvalue weighted by molar-refractivity contribution is 0.266. The summed E-state index contributed by atoms with van der Waals surface area (Å²) in [5.41, 5.74) is 6.26. The Bertz CT molecular complexity index is 387. The van der Waals surface area contributed by atoms with E-state index in [1.54, 1.807) is 12.1 Å². The molecule has 1 unspecified atom stereocenters. The van der Waals surface area contributed by atoms with E-state index >= 15 is 0 Å². The zero-order valence-electron chi connectivity index (χ0n) is 11.0. The van der Waals surface area contributed by atoms with Crippen molar-refractivity contribution in [1.29, 1.82) is 0 Å². The third-order valence-corrected chi connectivity index (χ3v) is 3.88. The fraction of sp³-hybridized carbons (Fsp3) is 0.538. The Morgan fingerprint density at radius 3 is 2.56 bits per heavy atom. The van der Waals surface area contributed by atoms with E-state index in [9.17, 15) is 4.39 Å². The van der Waals surface area contributed by atoms with Crippen molar-refractivity contribution in [2.45, 2.75) is 32.9 Å². The van der Waals surface area contributed by atoms with Crippen molar-refractivity contribution in [1.82, 2.24) is 5.32 Å². The summed E-state index contributed by atoms with van der Waals surface area (Å²) in [7, 11) is 0. The van der Waals surface area contributed by atoms with Gasteiger partial charge in [-0.1, -0.05) is 29.8 Å². The van der Waals surface area contributed by atoms with Gasteiger partial charge in [-0.3, -0.25) is 0 Å². The molecule has 2 nitrogen and oxygen atoms in total. The standard InChI is InChI=1S/C13H20BrFN2.ClH/c1-9(2)13(3,8-16)17-7-10-6-11(14)4-5-12(10)15;/h4-6,9,17H,7-8,16H2,1-3H3;1H. The van der Waals surface area contributed by atoms with Gasteiger partial charge in [0, 0.05) is 28.7 Å². The summed E-state index contributed by atoms with van der Waals surface area (Å²) in [6.07, 6.45) is 0. The number of benzene rings is 1. The number of hydrogen-bond acceptors (Lipinski definition) is 2. The van der Waals surface area contributed by atoms with Crippen molar-refractivity contribution >= 4 is 28.3 Å². The molecular weight excluding hydrogens is 319 g/mol. The molecule has 1 aromatic carbocycles. The van der Waals surface area contributed by atoms with E-state index in [0.29, 0.717) is 24.6 Å². The van der Waals surface area contributed by atoms with Gasteiger partial charge in [0.05, 0.1) is 0 Å². The second kappa shape index (κ2) is 7.43. The third kappa shape index (κ3) is 4.50. The topological polar surface area (TPSA) is 38.0 Å². The fourth-order valence-electron chi connectivity index (χ4n) is 1.49. The number of nitrogens with two attached hydrogens (primary N) is 1. The Kier molecular flexibility index (Phi) is 7.37. The first-order valence-electron chi connectivity index (χ1n) is 5.78. The first-order valence-corrected chi connectivity index (χ1v) is 6.57. The fourth-order valence-corrected chi connectivity index (χ4v) is 1.90. The van der Waals surface area contributed by atoms with Gasteiger partial charge in [0.25, 0.3) is 0 Å². The van der Waals surface area contributed by atoms with Crippen LogP contribution in [-0.2, 0) is 6.54 Å². The molecule has 0 saturated heterocycles. The molecule has 104 valence electrons. The molecular formula is C13H21BrClFN2. The molecule has 0 fully saturated rings. The lowest BCUT2D eigenvalue weighted by atomic mass is 9.88. The molecule has 0 aliphatic heterocycles. The van der Waals surface area contributed by atoms with Crippen molar-refractivity contribution in [3.8, 4) is 0 Å². The maximum absolute atomic E-state index is 13.6. The van der Waals surface area contributed by atoms with Gasteiger partial charge in [-0.15, -0.1) is 12.4 Å². The molecule has 5 heteroatoms. The Morgan fingerprint density at radius 1 is 1.44 bits per heavy atom. The highest BCUT2D eigenvalue weighted by Crippen LogP contribution is 2.19. The summed E-state index contributed by atoms with van der Waals surface area (Å²) in [5.74, 6) is 0.201. The van der Waals surface area contributed by atoms with Crippen LogP contribution in [0.25, 0.3) is 0 Å². The lowest BCUT2D eigenvalue weighted by Crippen LogP contribution is -2.52. The monoisotopic (exact) mass is 338 g/mol. The molecule has 0 heterocycles. The predicted molar refractivity (Wildman–Crippen MR) is 80.5 cm³/mol. The van der Waals surface area contributed by atoms with Gasteiger partial charge >= 0.3 is 0 Å². The summed E-state index contributed by atoms with van der Waals surface area (Å²) in [4.78, 5) is 0. The van der Waals surface area contributed by atoms with Gasteiger partial charge in [-0.05, 0) is 31.0 Å². The highest BCUT2D eigenvalue weighted by molar-refractivity contribution is 9.10. The van der Waals surface area contributed by atoms with E-state index < -0.39 is 0 Å². The second-order valence-corrected chi connectivity index (χ2v) is 5.78. The normalized spacial score (nSPS) is 14.2. The second-order valence-electron chi connectivity index (χ2n) is 4.87. The molecule has 0 radical (unpaired) electrons. The average molecular weight is 340 g/mol. The number of halogens is 3. The summed E-state index contributed by atoms with van der Waals surface area (Å²) in [5, 5.41) is 3.34. The smallest absolute Gasteiger partial charge is 0.127 e. The number of hydrogen-bond donors (Lipinski definition) is 2. The van der Waals surface area contributed by atoms with E-state index in [4.69, 9.17) is 5.73 Å². The first-order chi connectivity index (χ1) is 7.89. The molecule has 0 spiro atoms. The molecule has 1 atom stereocenters. The molecule has 0 aliphatic rings.